The highest BCUT2D eigenvalue weighted by Gasteiger charge is 2.39. The molecule has 0 bridgehead atoms. The van der Waals surface area contributed by atoms with Gasteiger partial charge in [-0.1, -0.05) is 6.42 Å². The minimum absolute atomic E-state index is 0.226. The molecule has 6 N–H and O–H groups in total. The molecule has 2 fully saturated rings. The zero-order valence-electron chi connectivity index (χ0n) is 7.58. The highest BCUT2D eigenvalue weighted by Crippen LogP contribution is 2.26. The third kappa shape index (κ3) is 1.37. The van der Waals surface area contributed by atoms with Crippen molar-refractivity contribution in [1.82, 2.24) is 0 Å². The lowest BCUT2D eigenvalue weighted by Gasteiger charge is -2.40. The van der Waals surface area contributed by atoms with E-state index in [-0.39, 0.29) is 12.1 Å². The van der Waals surface area contributed by atoms with E-state index in [1.807, 2.05) is 0 Å². The molecule has 3 nitrogen and oxygen atoms in total. The van der Waals surface area contributed by atoms with E-state index in [1.54, 1.807) is 0 Å². The van der Waals surface area contributed by atoms with Gasteiger partial charge in [-0.2, -0.15) is 0 Å². The Hall–Kier alpha value is -0.120. The van der Waals surface area contributed by atoms with Crippen LogP contribution in [-0.4, -0.2) is 24.7 Å². The highest BCUT2D eigenvalue weighted by atomic mass is 15.0. The van der Waals surface area contributed by atoms with Gasteiger partial charge in [0.15, 0.2) is 0 Å². The van der Waals surface area contributed by atoms with Crippen LogP contribution < -0.4 is 16.8 Å². The summed E-state index contributed by atoms with van der Waals surface area (Å²) in [6.07, 6.45) is 5.40. The van der Waals surface area contributed by atoms with Crippen molar-refractivity contribution in [2.24, 2.45) is 17.4 Å². The molecule has 3 heteroatoms. The van der Waals surface area contributed by atoms with E-state index in [0.717, 1.165) is 12.6 Å². The van der Waals surface area contributed by atoms with E-state index in [9.17, 15) is 0 Å². The average Bonchev–Trinajstić information content (AvgIpc) is 2.12. The molecular formula is C9H20N3+. The molecule has 0 spiro atoms. The summed E-state index contributed by atoms with van der Waals surface area (Å²) in [5.74, 6) is 0.697. The molecule has 1 saturated carbocycles. The van der Waals surface area contributed by atoms with Crippen LogP contribution in [0, 0.1) is 5.92 Å². The van der Waals surface area contributed by atoms with Crippen molar-refractivity contribution in [3.63, 3.8) is 0 Å². The van der Waals surface area contributed by atoms with Crippen LogP contribution in [0.3, 0.4) is 0 Å². The summed E-state index contributed by atoms with van der Waals surface area (Å²) < 4.78 is 0. The van der Waals surface area contributed by atoms with Crippen molar-refractivity contribution in [1.29, 1.82) is 0 Å². The number of piperidine rings is 1. The largest absolute Gasteiger partial charge is 0.342 e. The summed E-state index contributed by atoms with van der Waals surface area (Å²) in [7, 11) is 0. The Morgan fingerprint density at radius 1 is 1.08 bits per heavy atom. The van der Waals surface area contributed by atoms with Crippen LogP contribution in [-0.2, 0) is 0 Å². The Morgan fingerprint density at radius 2 is 1.83 bits per heavy atom. The Bertz CT molecular complexity index is 158. The second-order valence-corrected chi connectivity index (χ2v) is 4.32. The standard InChI is InChI=1S/C9H19N3/c10-7-5-12-8-4-2-1-3-6(8)9(7)11/h6-9,12H,1-5,10-11H2/p+1. The number of fused-ring (bicyclic) bond motifs is 1. The zero-order valence-corrected chi connectivity index (χ0v) is 7.58. The monoisotopic (exact) mass is 170 g/mol. The molecule has 1 aliphatic carbocycles. The van der Waals surface area contributed by atoms with Gasteiger partial charge in [-0.15, -0.1) is 0 Å². The molecule has 12 heavy (non-hydrogen) atoms. The van der Waals surface area contributed by atoms with Crippen molar-refractivity contribution < 1.29 is 5.32 Å². The predicted octanol–water partition coefficient (Wildman–Crippen LogP) is -1.22. The van der Waals surface area contributed by atoms with E-state index in [0.29, 0.717) is 5.92 Å². The number of hydrogen-bond acceptors (Lipinski definition) is 2. The first-order valence-electron chi connectivity index (χ1n) is 5.13. The second-order valence-electron chi connectivity index (χ2n) is 4.32. The first-order chi connectivity index (χ1) is 5.79. The average molecular weight is 170 g/mol. The minimum Gasteiger partial charge on any atom is -0.342 e. The Balaban J connectivity index is 2.03. The molecule has 1 aliphatic heterocycles. The second kappa shape index (κ2) is 3.32. The molecule has 0 radical (unpaired) electrons. The van der Waals surface area contributed by atoms with Crippen LogP contribution in [0.15, 0.2) is 0 Å². The SMILES string of the molecule is NC1C[NH2+]C2CCCCC2C1N. The van der Waals surface area contributed by atoms with Gasteiger partial charge in [0.25, 0.3) is 0 Å². The minimum atomic E-state index is 0.226. The van der Waals surface area contributed by atoms with Crippen LogP contribution in [0.25, 0.3) is 0 Å². The van der Waals surface area contributed by atoms with Crippen LogP contribution in [0.2, 0.25) is 0 Å². The summed E-state index contributed by atoms with van der Waals surface area (Å²) in [6.45, 7) is 1.03. The van der Waals surface area contributed by atoms with Crippen molar-refractivity contribution in [2.45, 2.75) is 43.8 Å². The van der Waals surface area contributed by atoms with Gasteiger partial charge in [0.05, 0.1) is 18.6 Å². The van der Waals surface area contributed by atoms with Gasteiger partial charge in [0, 0.05) is 12.0 Å². The Kier molecular flexibility index (Phi) is 2.35. The zero-order chi connectivity index (χ0) is 8.55. The third-order valence-corrected chi connectivity index (χ3v) is 3.57. The van der Waals surface area contributed by atoms with E-state index >= 15 is 0 Å². The summed E-state index contributed by atoms with van der Waals surface area (Å²) >= 11 is 0. The van der Waals surface area contributed by atoms with Crippen LogP contribution in [0.1, 0.15) is 25.7 Å². The lowest BCUT2D eigenvalue weighted by molar-refractivity contribution is -0.709. The van der Waals surface area contributed by atoms with Crippen LogP contribution in [0.5, 0.6) is 0 Å². The Morgan fingerprint density at radius 3 is 2.67 bits per heavy atom. The van der Waals surface area contributed by atoms with E-state index < -0.39 is 0 Å². The van der Waals surface area contributed by atoms with Crippen molar-refractivity contribution >= 4 is 0 Å². The summed E-state index contributed by atoms with van der Waals surface area (Å²) in [5.41, 5.74) is 12.0. The summed E-state index contributed by atoms with van der Waals surface area (Å²) in [6, 6.07) is 1.28. The smallest absolute Gasteiger partial charge is 0.0926 e. The van der Waals surface area contributed by atoms with Gasteiger partial charge < -0.3 is 16.8 Å². The van der Waals surface area contributed by atoms with Gasteiger partial charge in [-0.3, -0.25) is 0 Å². The van der Waals surface area contributed by atoms with Crippen molar-refractivity contribution in [3.05, 3.63) is 0 Å². The molecule has 2 aliphatic rings. The summed E-state index contributed by atoms with van der Waals surface area (Å²) in [5, 5.41) is 2.41. The third-order valence-electron chi connectivity index (χ3n) is 3.57. The quantitative estimate of drug-likeness (QED) is 0.426. The molecule has 2 rings (SSSR count). The maximum absolute atomic E-state index is 6.09. The fourth-order valence-electron chi connectivity index (χ4n) is 2.77. The number of rotatable bonds is 0. The van der Waals surface area contributed by atoms with Crippen LogP contribution in [0.4, 0.5) is 0 Å². The lowest BCUT2D eigenvalue weighted by atomic mass is 9.75. The maximum Gasteiger partial charge on any atom is 0.0926 e. The van der Waals surface area contributed by atoms with Gasteiger partial charge in [0.2, 0.25) is 0 Å². The molecule has 0 aromatic rings. The van der Waals surface area contributed by atoms with Gasteiger partial charge in [0.1, 0.15) is 0 Å². The molecule has 0 aromatic carbocycles. The van der Waals surface area contributed by atoms with Crippen molar-refractivity contribution in [2.75, 3.05) is 6.54 Å². The molecule has 4 atom stereocenters. The number of nitrogens with two attached hydrogens (primary N) is 3. The van der Waals surface area contributed by atoms with E-state index in [4.69, 9.17) is 11.5 Å². The molecule has 1 saturated heterocycles. The van der Waals surface area contributed by atoms with Gasteiger partial charge in [-0.05, 0) is 19.3 Å². The fraction of sp³-hybridized carbons (Fsp3) is 1.00. The van der Waals surface area contributed by atoms with E-state index in [1.165, 1.54) is 25.7 Å². The first-order valence-corrected chi connectivity index (χ1v) is 5.13. The maximum atomic E-state index is 6.09. The molecule has 0 amide bonds. The lowest BCUT2D eigenvalue weighted by Crippen LogP contribution is -2.98. The topological polar surface area (TPSA) is 68.6 Å². The normalized spacial score (nSPS) is 48.5. The van der Waals surface area contributed by atoms with Crippen molar-refractivity contribution in [3.8, 4) is 0 Å². The number of hydrogen-bond donors (Lipinski definition) is 3. The molecule has 70 valence electrons. The molecule has 0 aromatic heterocycles. The predicted molar refractivity (Wildman–Crippen MR) is 48.5 cm³/mol. The van der Waals surface area contributed by atoms with E-state index in [2.05, 4.69) is 5.32 Å². The fourth-order valence-corrected chi connectivity index (χ4v) is 2.77. The van der Waals surface area contributed by atoms with Crippen LogP contribution >= 0.6 is 0 Å². The molecular weight excluding hydrogens is 150 g/mol. The molecule has 4 unspecified atom stereocenters. The highest BCUT2D eigenvalue weighted by molar-refractivity contribution is 4.91. The first kappa shape index (κ1) is 8.48. The van der Waals surface area contributed by atoms with Gasteiger partial charge in [-0.25, -0.2) is 0 Å². The molecule has 1 heterocycles. The van der Waals surface area contributed by atoms with Gasteiger partial charge >= 0.3 is 0 Å². The number of quaternary nitrogens is 1. The summed E-state index contributed by atoms with van der Waals surface area (Å²) in [4.78, 5) is 0. The Labute approximate surface area is 73.9 Å².